The molecule has 1 heterocycles. The van der Waals surface area contributed by atoms with Gasteiger partial charge in [0.05, 0.1) is 11.6 Å². The maximum atomic E-state index is 12.6. The smallest absolute Gasteiger partial charge is 0.320 e. The van der Waals surface area contributed by atoms with Crippen molar-refractivity contribution in [3.05, 3.63) is 65.0 Å². The van der Waals surface area contributed by atoms with Crippen LogP contribution in [0.2, 0.25) is 0 Å². The fourth-order valence-electron chi connectivity index (χ4n) is 1.94. The first-order chi connectivity index (χ1) is 8.89. The number of nitrogens with two attached hydrogens (primary N) is 1. The zero-order valence-corrected chi connectivity index (χ0v) is 10.3. The first-order valence-electron chi connectivity index (χ1n) is 5.73. The highest BCUT2D eigenvalue weighted by Crippen LogP contribution is 2.32. The molecule has 100 valence electrons. The van der Waals surface area contributed by atoms with Crippen molar-refractivity contribution >= 4 is 0 Å². The number of aromatic nitrogens is 1. The normalized spacial score (nSPS) is 13.3. The third kappa shape index (κ3) is 2.93. The maximum Gasteiger partial charge on any atom is 0.416 e. The Balaban J connectivity index is 2.37. The predicted molar refractivity (Wildman–Crippen MR) is 66.4 cm³/mol. The van der Waals surface area contributed by atoms with Crippen LogP contribution in [0.3, 0.4) is 0 Å². The number of hydrogen-bond donors (Lipinski definition) is 1. The lowest BCUT2D eigenvalue weighted by molar-refractivity contribution is -0.137. The van der Waals surface area contributed by atoms with E-state index in [0.29, 0.717) is 11.1 Å². The van der Waals surface area contributed by atoms with Gasteiger partial charge in [-0.1, -0.05) is 12.1 Å². The Morgan fingerprint density at radius 3 is 2.47 bits per heavy atom. The van der Waals surface area contributed by atoms with Crippen LogP contribution in [-0.4, -0.2) is 4.98 Å². The van der Waals surface area contributed by atoms with Gasteiger partial charge in [0.25, 0.3) is 0 Å². The molecule has 0 amide bonds. The van der Waals surface area contributed by atoms with Crippen LogP contribution < -0.4 is 5.73 Å². The fraction of sp³-hybridized carbons (Fsp3) is 0.214. The number of pyridine rings is 1. The van der Waals surface area contributed by atoms with Crippen LogP contribution in [0.15, 0.2) is 42.7 Å². The van der Waals surface area contributed by atoms with Gasteiger partial charge in [-0.3, -0.25) is 4.98 Å². The first-order valence-corrected chi connectivity index (χ1v) is 5.73. The number of benzene rings is 1. The van der Waals surface area contributed by atoms with E-state index in [4.69, 9.17) is 5.73 Å². The Morgan fingerprint density at radius 1 is 1.21 bits per heavy atom. The van der Waals surface area contributed by atoms with Crippen molar-refractivity contribution in [3.63, 3.8) is 0 Å². The van der Waals surface area contributed by atoms with Crippen molar-refractivity contribution in [2.45, 2.75) is 19.1 Å². The second kappa shape index (κ2) is 5.01. The van der Waals surface area contributed by atoms with Crippen LogP contribution in [0, 0.1) is 6.92 Å². The van der Waals surface area contributed by atoms with Gasteiger partial charge in [0.2, 0.25) is 0 Å². The molecule has 0 aliphatic rings. The van der Waals surface area contributed by atoms with E-state index in [1.165, 1.54) is 6.07 Å². The standard InChI is InChI=1S/C14H13F3N2/c1-9-7-11(14(15,16)17)4-5-12(9)13(18)10-3-2-6-19-8-10/h2-8,13H,18H2,1H3. The molecule has 2 rings (SSSR count). The second-order valence-electron chi connectivity index (χ2n) is 4.33. The summed E-state index contributed by atoms with van der Waals surface area (Å²) in [4.78, 5) is 3.96. The lowest BCUT2D eigenvalue weighted by Crippen LogP contribution is -2.14. The Morgan fingerprint density at radius 2 is 1.95 bits per heavy atom. The minimum absolute atomic E-state index is 0.476. The molecule has 0 spiro atoms. The highest BCUT2D eigenvalue weighted by atomic mass is 19.4. The molecule has 0 fully saturated rings. The van der Waals surface area contributed by atoms with E-state index in [-0.39, 0.29) is 0 Å². The molecule has 1 unspecified atom stereocenters. The summed E-state index contributed by atoms with van der Waals surface area (Å²) in [6, 6.07) is 6.67. The van der Waals surface area contributed by atoms with Gasteiger partial charge in [-0.25, -0.2) is 0 Å². The van der Waals surface area contributed by atoms with Crippen LogP contribution in [0.25, 0.3) is 0 Å². The maximum absolute atomic E-state index is 12.6. The Labute approximate surface area is 109 Å². The van der Waals surface area contributed by atoms with Crippen molar-refractivity contribution in [2.24, 2.45) is 5.73 Å². The summed E-state index contributed by atoms with van der Waals surface area (Å²) < 4.78 is 37.7. The predicted octanol–water partition coefficient (Wildman–Crippen LogP) is 3.46. The summed E-state index contributed by atoms with van der Waals surface area (Å²) in [5.41, 5.74) is 7.35. The van der Waals surface area contributed by atoms with Crippen molar-refractivity contribution in [2.75, 3.05) is 0 Å². The quantitative estimate of drug-likeness (QED) is 0.904. The summed E-state index contributed by atoms with van der Waals surface area (Å²) in [6.07, 6.45) is -1.10. The molecule has 1 aromatic heterocycles. The zero-order chi connectivity index (χ0) is 14.0. The molecule has 0 bridgehead atoms. The van der Waals surface area contributed by atoms with Crippen LogP contribution in [0.5, 0.6) is 0 Å². The Bertz CT molecular complexity index is 565. The van der Waals surface area contributed by atoms with Gasteiger partial charge in [0.15, 0.2) is 0 Å². The van der Waals surface area contributed by atoms with Crippen LogP contribution in [-0.2, 0) is 6.18 Å². The molecule has 0 aliphatic carbocycles. The molecular formula is C14H13F3N2. The van der Waals surface area contributed by atoms with Crippen molar-refractivity contribution in [1.29, 1.82) is 0 Å². The summed E-state index contributed by atoms with van der Waals surface area (Å²) in [5, 5.41) is 0. The Kier molecular flexibility index (Phi) is 3.57. The Hall–Kier alpha value is -1.88. The van der Waals surface area contributed by atoms with E-state index < -0.39 is 17.8 Å². The van der Waals surface area contributed by atoms with Gasteiger partial charge in [-0.2, -0.15) is 13.2 Å². The molecule has 0 radical (unpaired) electrons. The largest absolute Gasteiger partial charge is 0.416 e. The number of aryl methyl sites for hydroxylation is 1. The van der Waals surface area contributed by atoms with E-state index in [0.717, 1.165) is 17.7 Å². The van der Waals surface area contributed by atoms with Crippen molar-refractivity contribution in [1.82, 2.24) is 4.98 Å². The van der Waals surface area contributed by atoms with Crippen LogP contribution in [0.1, 0.15) is 28.3 Å². The van der Waals surface area contributed by atoms with E-state index in [2.05, 4.69) is 4.98 Å². The molecule has 2 aromatic rings. The number of alkyl halides is 3. The minimum Gasteiger partial charge on any atom is -0.320 e. The fourth-order valence-corrected chi connectivity index (χ4v) is 1.94. The lowest BCUT2D eigenvalue weighted by Gasteiger charge is -2.16. The number of rotatable bonds is 2. The van der Waals surface area contributed by atoms with Gasteiger partial charge in [0.1, 0.15) is 0 Å². The molecule has 1 atom stereocenters. The first kappa shape index (κ1) is 13.5. The average Bonchev–Trinajstić information content (AvgIpc) is 2.38. The topological polar surface area (TPSA) is 38.9 Å². The second-order valence-corrected chi connectivity index (χ2v) is 4.33. The molecule has 1 aromatic carbocycles. The molecule has 5 heteroatoms. The summed E-state index contributed by atoms with van der Waals surface area (Å²) in [5.74, 6) is 0. The SMILES string of the molecule is Cc1cc(C(F)(F)F)ccc1C(N)c1cccnc1. The van der Waals surface area contributed by atoms with Gasteiger partial charge < -0.3 is 5.73 Å². The third-order valence-electron chi connectivity index (χ3n) is 2.98. The van der Waals surface area contributed by atoms with Gasteiger partial charge in [-0.15, -0.1) is 0 Å². The van der Waals surface area contributed by atoms with E-state index in [1.807, 2.05) is 0 Å². The van der Waals surface area contributed by atoms with Crippen LogP contribution in [0.4, 0.5) is 13.2 Å². The summed E-state index contributed by atoms with van der Waals surface area (Å²) in [7, 11) is 0. The number of nitrogens with zero attached hydrogens (tertiary/aromatic N) is 1. The third-order valence-corrected chi connectivity index (χ3v) is 2.98. The number of hydrogen-bond acceptors (Lipinski definition) is 2. The monoisotopic (exact) mass is 266 g/mol. The molecule has 0 saturated carbocycles. The molecule has 0 saturated heterocycles. The molecule has 2 nitrogen and oxygen atoms in total. The summed E-state index contributed by atoms with van der Waals surface area (Å²) in [6.45, 7) is 1.63. The highest BCUT2D eigenvalue weighted by molar-refractivity contribution is 5.38. The molecular weight excluding hydrogens is 253 g/mol. The average molecular weight is 266 g/mol. The van der Waals surface area contributed by atoms with Gasteiger partial charge in [-0.05, 0) is 41.8 Å². The highest BCUT2D eigenvalue weighted by Gasteiger charge is 2.30. The van der Waals surface area contributed by atoms with Crippen molar-refractivity contribution < 1.29 is 13.2 Å². The van der Waals surface area contributed by atoms with E-state index in [1.54, 1.807) is 31.5 Å². The molecule has 0 aliphatic heterocycles. The zero-order valence-electron chi connectivity index (χ0n) is 10.3. The van der Waals surface area contributed by atoms with E-state index >= 15 is 0 Å². The van der Waals surface area contributed by atoms with Crippen LogP contribution >= 0.6 is 0 Å². The van der Waals surface area contributed by atoms with Crippen molar-refractivity contribution in [3.8, 4) is 0 Å². The van der Waals surface area contributed by atoms with Gasteiger partial charge >= 0.3 is 6.18 Å². The minimum atomic E-state index is -4.33. The molecule has 19 heavy (non-hydrogen) atoms. The lowest BCUT2D eigenvalue weighted by atomic mass is 9.95. The van der Waals surface area contributed by atoms with E-state index in [9.17, 15) is 13.2 Å². The number of halogens is 3. The molecule has 2 N–H and O–H groups in total. The summed E-state index contributed by atoms with van der Waals surface area (Å²) >= 11 is 0. The van der Waals surface area contributed by atoms with Gasteiger partial charge in [0, 0.05) is 12.4 Å².